The Balaban J connectivity index is 3.91. The van der Waals surface area contributed by atoms with Crippen molar-refractivity contribution in [2.24, 2.45) is 5.92 Å². The third kappa shape index (κ3) is 11.5. The van der Waals surface area contributed by atoms with Crippen molar-refractivity contribution in [2.75, 3.05) is 19.7 Å². The molecule has 0 aromatic heterocycles. The molecule has 6 nitrogen and oxygen atoms in total. The molecular formula is C16H33N3O3. The molecule has 22 heavy (non-hydrogen) atoms. The molecule has 0 aromatic carbocycles. The van der Waals surface area contributed by atoms with Crippen molar-refractivity contribution in [3.63, 3.8) is 0 Å². The van der Waals surface area contributed by atoms with Crippen LogP contribution in [-0.4, -0.2) is 48.7 Å². The number of rotatable bonds is 12. The van der Waals surface area contributed by atoms with Crippen LogP contribution in [0.5, 0.6) is 0 Å². The number of carbonyl (C=O) groups excluding carboxylic acids is 2. The molecule has 130 valence electrons. The van der Waals surface area contributed by atoms with Crippen LogP contribution in [0, 0.1) is 5.92 Å². The number of unbranched alkanes of at least 4 members (excludes halogenated alkanes) is 1. The van der Waals surface area contributed by atoms with Gasteiger partial charge < -0.3 is 21.1 Å². The van der Waals surface area contributed by atoms with Gasteiger partial charge in [-0.05, 0) is 12.3 Å². The summed E-state index contributed by atoms with van der Waals surface area (Å²) >= 11 is 0. The highest BCUT2D eigenvalue weighted by atomic mass is 16.3. The zero-order valence-electron chi connectivity index (χ0n) is 14.4. The topological polar surface area (TPSA) is 90.5 Å². The summed E-state index contributed by atoms with van der Waals surface area (Å²) in [6.45, 7) is 9.09. The second-order valence-corrected chi connectivity index (χ2v) is 6.34. The molecule has 2 amide bonds. The zero-order valence-corrected chi connectivity index (χ0v) is 14.4. The summed E-state index contributed by atoms with van der Waals surface area (Å²) in [4.78, 5) is 23.6. The molecule has 0 aliphatic carbocycles. The highest BCUT2D eigenvalue weighted by molar-refractivity contribution is 5.87. The molecule has 0 fully saturated rings. The lowest BCUT2D eigenvalue weighted by atomic mass is 10.1. The van der Waals surface area contributed by atoms with Gasteiger partial charge in [-0.1, -0.05) is 40.5 Å². The second kappa shape index (κ2) is 12.4. The van der Waals surface area contributed by atoms with Gasteiger partial charge in [-0.15, -0.1) is 0 Å². The fourth-order valence-corrected chi connectivity index (χ4v) is 1.95. The van der Waals surface area contributed by atoms with Crippen molar-refractivity contribution in [1.82, 2.24) is 16.0 Å². The number of hydrogen-bond donors (Lipinski definition) is 4. The molecule has 1 unspecified atom stereocenters. The first-order chi connectivity index (χ1) is 10.4. The van der Waals surface area contributed by atoms with Gasteiger partial charge in [-0.2, -0.15) is 0 Å². The number of aliphatic hydroxyl groups excluding tert-OH is 1. The van der Waals surface area contributed by atoms with E-state index in [-0.39, 0.29) is 24.8 Å². The van der Waals surface area contributed by atoms with Gasteiger partial charge in [0.2, 0.25) is 11.8 Å². The van der Waals surface area contributed by atoms with E-state index in [0.717, 1.165) is 19.3 Å². The molecule has 4 N–H and O–H groups in total. The van der Waals surface area contributed by atoms with E-state index in [9.17, 15) is 14.7 Å². The first kappa shape index (κ1) is 20.9. The zero-order chi connectivity index (χ0) is 17.0. The fraction of sp³-hybridized carbons (Fsp3) is 0.875. The van der Waals surface area contributed by atoms with Crippen molar-refractivity contribution in [3.8, 4) is 0 Å². The van der Waals surface area contributed by atoms with E-state index in [2.05, 4.69) is 29.8 Å². The Kier molecular flexibility index (Phi) is 11.8. The summed E-state index contributed by atoms with van der Waals surface area (Å²) in [5, 5.41) is 17.7. The Morgan fingerprint density at radius 1 is 1.05 bits per heavy atom. The predicted molar refractivity (Wildman–Crippen MR) is 88.5 cm³/mol. The number of hydrogen-bond acceptors (Lipinski definition) is 4. The number of amides is 2. The minimum atomic E-state index is -0.864. The minimum absolute atomic E-state index is 0.234. The Morgan fingerprint density at radius 2 is 1.73 bits per heavy atom. The molecule has 0 radical (unpaired) electrons. The van der Waals surface area contributed by atoms with Crippen molar-refractivity contribution < 1.29 is 14.7 Å². The molecule has 0 heterocycles. The van der Waals surface area contributed by atoms with Gasteiger partial charge in [-0.3, -0.25) is 9.59 Å². The van der Waals surface area contributed by atoms with Gasteiger partial charge in [0.25, 0.3) is 0 Å². The van der Waals surface area contributed by atoms with Crippen LogP contribution in [0.1, 0.15) is 53.4 Å². The molecule has 0 saturated carbocycles. The Morgan fingerprint density at radius 3 is 2.27 bits per heavy atom. The monoisotopic (exact) mass is 315 g/mol. The van der Waals surface area contributed by atoms with Crippen LogP contribution in [-0.2, 0) is 9.59 Å². The van der Waals surface area contributed by atoms with Crippen LogP contribution < -0.4 is 16.0 Å². The van der Waals surface area contributed by atoms with Gasteiger partial charge in [0.1, 0.15) is 6.04 Å². The largest absolute Gasteiger partial charge is 0.394 e. The van der Waals surface area contributed by atoms with E-state index in [1.807, 2.05) is 13.8 Å². The summed E-state index contributed by atoms with van der Waals surface area (Å²) in [5.74, 6) is 0.110. The van der Waals surface area contributed by atoms with Gasteiger partial charge in [-0.25, -0.2) is 0 Å². The summed E-state index contributed by atoms with van der Waals surface area (Å²) in [5.41, 5.74) is 0. The van der Waals surface area contributed by atoms with Crippen molar-refractivity contribution in [1.29, 1.82) is 0 Å². The Bertz CT molecular complexity index is 320. The average molecular weight is 315 g/mol. The predicted octanol–water partition coefficient (Wildman–Crippen LogP) is 0.794. The molecule has 0 aliphatic rings. The quantitative estimate of drug-likeness (QED) is 0.401. The first-order valence-electron chi connectivity index (χ1n) is 8.28. The molecule has 0 rings (SSSR count). The highest BCUT2D eigenvalue weighted by Gasteiger charge is 2.19. The molecule has 6 heteroatoms. The lowest BCUT2D eigenvalue weighted by molar-refractivity contribution is -0.129. The van der Waals surface area contributed by atoms with Gasteiger partial charge in [0.05, 0.1) is 6.61 Å². The maximum absolute atomic E-state index is 11.9. The molecule has 0 aromatic rings. The highest BCUT2D eigenvalue weighted by Crippen LogP contribution is 2.05. The van der Waals surface area contributed by atoms with Crippen LogP contribution in [0.3, 0.4) is 0 Å². The smallest absolute Gasteiger partial charge is 0.244 e. The SMILES string of the molecule is CC(C)CCCCNC(=O)C(CO)NC(=O)CCNC(C)C. The van der Waals surface area contributed by atoms with E-state index in [1.165, 1.54) is 0 Å². The van der Waals surface area contributed by atoms with E-state index in [0.29, 0.717) is 25.0 Å². The van der Waals surface area contributed by atoms with Gasteiger partial charge >= 0.3 is 0 Å². The van der Waals surface area contributed by atoms with E-state index in [4.69, 9.17) is 0 Å². The van der Waals surface area contributed by atoms with Crippen LogP contribution in [0.15, 0.2) is 0 Å². The molecule has 0 saturated heterocycles. The summed E-state index contributed by atoms with van der Waals surface area (Å²) < 4.78 is 0. The van der Waals surface area contributed by atoms with Crippen molar-refractivity contribution in [2.45, 2.75) is 65.5 Å². The standard InChI is InChI=1S/C16H33N3O3/c1-12(2)7-5-6-9-18-16(22)14(11-20)19-15(21)8-10-17-13(3)4/h12-14,17,20H,5-11H2,1-4H3,(H,18,22)(H,19,21). The maximum Gasteiger partial charge on any atom is 0.244 e. The van der Waals surface area contributed by atoms with Crippen molar-refractivity contribution in [3.05, 3.63) is 0 Å². The van der Waals surface area contributed by atoms with Crippen LogP contribution in [0.2, 0.25) is 0 Å². The second-order valence-electron chi connectivity index (χ2n) is 6.34. The fourth-order valence-electron chi connectivity index (χ4n) is 1.95. The van der Waals surface area contributed by atoms with Crippen LogP contribution >= 0.6 is 0 Å². The number of nitrogens with one attached hydrogen (secondary N) is 3. The lowest BCUT2D eigenvalue weighted by Crippen LogP contribution is -2.49. The summed E-state index contributed by atoms with van der Waals surface area (Å²) in [6, 6.07) is -0.549. The van der Waals surface area contributed by atoms with Crippen molar-refractivity contribution >= 4 is 11.8 Å². The summed E-state index contributed by atoms with van der Waals surface area (Å²) in [7, 11) is 0. The van der Waals surface area contributed by atoms with Gasteiger partial charge in [0.15, 0.2) is 0 Å². The average Bonchev–Trinajstić information content (AvgIpc) is 2.43. The molecule has 1 atom stereocenters. The van der Waals surface area contributed by atoms with Crippen LogP contribution in [0.25, 0.3) is 0 Å². The third-order valence-electron chi connectivity index (χ3n) is 3.25. The maximum atomic E-state index is 11.9. The molecular weight excluding hydrogens is 282 g/mol. The van der Waals surface area contributed by atoms with E-state index in [1.54, 1.807) is 0 Å². The lowest BCUT2D eigenvalue weighted by Gasteiger charge is -2.16. The number of carbonyl (C=O) groups is 2. The number of aliphatic hydroxyl groups is 1. The normalized spacial score (nSPS) is 12.5. The van der Waals surface area contributed by atoms with Crippen LogP contribution in [0.4, 0.5) is 0 Å². The van der Waals surface area contributed by atoms with Gasteiger partial charge in [0, 0.05) is 25.6 Å². The Hall–Kier alpha value is -1.14. The van der Waals surface area contributed by atoms with E-state index >= 15 is 0 Å². The third-order valence-corrected chi connectivity index (χ3v) is 3.25. The minimum Gasteiger partial charge on any atom is -0.394 e. The molecule has 0 spiro atoms. The Labute approximate surface area is 134 Å². The molecule has 0 bridgehead atoms. The first-order valence-corrected chi connectivity index (χ1v) is 8.28. The van der Waals surface area contributed by atoms with E-state index < -0.39 is 6.04 Å². The molecule has 0 aliphatic heterocycles. The summed E-state index contributed by atoms with van der Waals surface area (Å²) in [6.07, 6.45) is 3.40.